The lowest BCUT2D eigenvalue weighted by atomic mass is 9.74. The molecule has 4 fully saturated rings. The van der Waals surface area contributed by atoms with Gasteiger partial charge in [-0.2, -0.15) is 10.2 Å². The second kappa shape index (κ2) is 15.8. The maximum atomic E-state index is 12.5. The number of likely N-dealkylation sites (tertiary alicyclic amines) is 1. The van der Waals surface area contributed by atoms with E-state index in [0.717, 1.165) is 103 Å². The molecule has 4 aliphatic rings. The van der Waals surface area contributed by atoms with Gasteiger partial charge in [0.05, 0.1) is 21.1 Å². The zero-order valence-corrected chi connectivity index (χ0v) is 35.7. The number of aromatic amines is 1. The normalized spacial score (nSPS) is 19.2. The quantitative estimate of drug-likeness (QED) is 0.126. The molecule has 60 heavy (non-hydrogen) atoms. The number of nitrogens with zero attached hydrogens (tertiary/aromatic N) is 9. The van der Waals surface area contributed by atoms with Gasteiger partial charge in [-0.05, 0) is 86.8 Å². The van der Waals surface area contributed by atoms with Crippen LogP contribution in [0.25, 0.3) is 33.1 Å². The number of aryl methyl sites for hydroxylation is 1. The number of halogens is 2. The summed E-state index contributed by atoms with van der Waals surface area (Å²) in [6, 6.07) is 16.2. The van der Waals surface area contributed by atoms with Crippen LogP contribution in [0.4, 0.5) is 16.4 Å². The smallest absolute Gasteiger partial charge is 0.329 e. The minimum Gasteiger partial charge on any atom is -0.486 e. The number of carbonyl (C=O) groups excluding carboxylic acids is 2. The van der Waals surface area contributed by atoms with Crippen molar-refractivity contribution in [3.63, 3.8) is 0 Å². The highest BCUT2D eigenvalue weighted by atomic mass is 35.5. The number of pyridine rings is 2. The molecular formula is C43H45Cl2N11O3S. The molecule has 0 saturated carbocycles. The number of hydrogen-bond acceptors (Lipinski definition) is 11. The Hall–Kier alpha value is -4.93. The number of hydrogen-bond donors (Lipinski definition) is 2. The number of rotatable bonds is 11. The summed E-state index contributed by atoms with van der Waals surface area (Å²) in [6.45, 7) is 9.84. The van der Waals surface area contributed by atoms with Crippen LogP contribution in [0.5, 0.6) is 5.75 Å². The van der Waals surface area contributed by atoms with Gasteiger partial charge in [0.1, 0.15) is 23.4 Å². The summed E-state index contributed by atoms with van der Waals surface area (Å²) in [6.07, 6.45) is 7.22. The molecule has 4 saturated heterocycles. The molecule has 4 aliphatic heterocycles. The van der Waals surface area contributed by atoms with Gasteiger partial charge in [-0.1, -0.05) is 41.2 Å². The van der Waals surface area contributed by atoms with Crippen molar-refractivity contribution in [1.29, 1.82) is 0 Å². The van der Waals surface area contributed by atoms with Crippen molar-refractivity contribution in [2.75, 3.05) is 67.9 Å². The van der Waals surface area contributed by atoms with Gasteiger partial charge >= 0.3 is 6.03 Å². The molecule has 4 aromatic heterocycles. The Bertz CT molecular complexity index is 2580. The predicted molar refractivity (Wildman–Crippen MR) is 236 cm³/mol. The molecule has 1 atom stereocenters. The molecule has 0 unspecified atom stereocenters. The Kier molecular flexibility index (Phi) is 10.4. The number of nitrogens with one attached hydrogen (secondary N) is 2. The largest absolute Gasteiger partial charge is 0.486 e. The summed E-state index contributed by atoms with van der Waals surface area (Å²) in [4.78, 5) is 39.6. The molecule has 2 N–H and O–H groups in total. The standard InChI is InChI=1S/C43H45Cl2N11O3S/c1-26(39-33(44)20-46-21-34(39)45)59-30-5-7-35-32(18-30)40(50-49-35)29-4-8-37(47-19-29)54-22-43(23-54)24-55(25-43)60-16-15-53-12-9-27(10-13-53)28-3-6-31-36(17-28)52(2)51-41(31)56-14-11-38(57)48-42(56)58/h3-8,17-21,26-27H,9-16,22-25H2,1-2H3,(H,49,50)(H,48,57,58)/t26-/m1/s1. The van der Waals surface area contributed by atoms with Crippen LogP contribution in [0, 0.1) is 5.41 Å². The highest BCUT2D eigenvalue weighted by Gasteiger charge is 2.52. The fourth-order valence-corrected chi connectivity index (χ4v) is 11.3. The summed E-state index contributed by atoms with van der Waals surface area (Å²) in [5.74, 6) is 3.66. The Morgan fingerprint density at radius 1 is 0.950 bits per heavy atom. The van der Waals surface area contributed by atoms with E-state index in [9.17, 15) is 9.59 Å². The first-order valence-corrected chi connectivity index (χ1v) is 22.1. The van der Waals surface area contributed by atoms with Gasteiger partial charge in [0.15, 0.2) is 5.82 Å². The number of ether oxygens (including phenoxy) is 1. The molecule has 6 aromatic rings. The van der Waals surface area contributed by atoms with Crippen LogP contribution in [0.3, 0.4) is 0 Å². The van der Waals surface area contributed by atoms with Gasteiger partial charge in [0.2, 0.25) is 5.91 Å². The summed E-state index contributed by atoms with van der Waals surface area (Å²) >= 11 is 14.7. The lowest BCUT2D eigenvalue weighted by Gasteiger charge is -2.60. The zero-order valence-electron chi connectivity index (χ0n) is 33.4. The summed E-state index contributed by atoms with van der Waals surface area (Å²) < 4.78 is 10.6. The van der Waals surface area contributed by atoms with E-state index in [0.29, 0.717) is 45.1 Å². The van der Waals surface area contributed by atoms with Crippen molar-refractivity contribution in [3.05, 3.63) is 88.3 Å². The molecule has 0 bridgehead atoms. The number of amides is 3. The van der Waals surface area contributed by atoms with Crippen LogP contribution in [-0.2, 0) is 11.8 Å². The number of carbonyl (C=O) groups is 2. The summed E-state index contributed by atoms with van der Waals surface area (Å²) in [5.41, 5.74) is 6.07. The van der Waals surface area contributed by atoms with Crippen LogP contribution in [0.15, 0.2) is 67.1 Å². The number of aromatic nitrogens is 6. The van der Waals surface area contributed by atoms with Gasteiger partial charge in [0, 0.05) is 104 Å². The van der Waals surface area contributed by atoms with Crippen molar-refractivity contribution in [2.45, 2.75) is 38.2 Å². The molecule has 10 rings (SSSR count). The fourth-order valence-electron chi connectivity index (χ4n) is 9.25. The molecule has 8 heterocycles. The molecule has 3 amide bonds. The van der Waals surface area contributed by atoms with Crippen LogP contribution in [0.2, 0.25) is 10.0 Å². The first-order valence-electron chi connectivity index (χ1n) is 20.4. The predicted octanol–water partition coefficient (Wildman–Crippen LogP) is 7.45. The number of urea groups is 1. The van der Waals surface area contributed by atoms with Crippen molar-refractivity contribution in [3.8, 4) is 17.0 Å². The lowest BCUT2D eigenvalue weighted by molar-refractivity contribution is -0.120. The Labute approximate surface area is 361 Å². The topological polar surface area (TPSA) is 141 Å². The molecule has 0 radical (unpaired) electrons. The molecule has 1 spiro atoms. The van der Waals surface area contributed by atoms with Gasteiger partial charge in [-0.3, -0.25) is 29.8 Å². The fraction of sp³-hybridized carbons (Fsp3) is 0.395. The van der Waals surface area contributed by atoms with E-state index >= 15 is 0 Å². The van der Waals surface area contributed by atoms with Crippen LogP contribution in [-0.4, -0.2) is 109 Å². The van der Waals surface area contributed by atoms with Gasteiger partial charge in [-0.25, -0.2) is 14.1 Å². The maximum absolute atomic E-state index is 12.5. The zero-order chi connectivity index (χ0) is 41.1. The minimum atomic E-state index is -0.407. The lowest BCUT2D eigenvalue weighted by Crippen LogP contribution is -2.71. The van der Waals surface area contributed by atoms with Crippen molar-refractivity contribution in [2.24, 2.45) is 12.5 Å². The third kappa shape index (κ3) is 7.44. The Morgan fingerprint density at radius 2 is 1.75 bits per heavy atom. The number of benzene rings is 2. The number of fused-ring (bicyclic) bond motifs is 2. The van der Waals surface area contributed by atoms with Crippen molar-refractivity contribution in [1.82, 2.24) is 44.5 Å². The van der Waals surface area contributed by atoms with E-state index in [1.807, 2.05) is 55.0 Å². The molecule has 310 valence electrons. The number of piperidine rings is 1. The van der Waals surface area contributed by atoms with Gasteiger partial charge in [0.25, 0.3) is 0 Å². The van der Waals surface area contributed by atoms with E-state index in [2.05, 4.69) is 70.0 Å². The van der Waals surface area contributed by atoms with Gasteiger partial charge < -0.3 is 14.5 Å². The van der Waals surface area contributed by atoms with Crippen LogP contribution >= 0.6 is 35.1 Å². The van der Waals surface area contributed by atoms with E-state index in [1.54, 1.807) is 17.3 Å². The first kappa shape index (κ1) is 39.2. The minimum absolute atomic E-state index is 0.243. The Morgan fingerprint density at radius 3 is 2.50 bits per heavy atom. The van der Waals surface area contributed by atoms with Crippen LogP contribution < -0.4 is 19.9 Å². The second-order valence-corrected chi connectivity index (χ2v) is 18.5. The van der Waals surface area contributed by atoms with Crippen molar-refractivity contribution >= 4 is 80.5 Å². The number of imide groups is 1. The van der Waals surface area contributed by atoms with Gasteiger partial charge in [-0.15, -0.1) is 0 Å². The number of anilines is 2. The number of H-pyrrole nitrogens is 1. The third-order valence-corrected chi connectivity index (χ3v) is 14.1. The SMILES string of the molecule is C[C@@H](Oc1ccc2[nH]nc(-c3ccc(N4CC5(CN(SCCN6CCC(c7ccc8c(N9CCC(=O)NC9=O)nn(C)c8c7)CC6)C5)C4)nc3)c2c1)c1c(Cl)cncc1Cl. The molecule has 14 nitrogen and oxygen atoms in total. The monoisotopic (exact) mass is 865 g/mol. The summed E-state index contributed by atoms with van der Waals surface area (Å²) in [7, 11) is 1.92. The van der Waals surface area contributed by atoms with Crippen LogP contribution in [0.1, 0.15) is 49.3 Å². The Balaban J connectivity index is 0.669. The second-order valence-electron chi connectivity index (χ2n) is 16.5. The highest BCUT2D eigenvalue weighted by molar-refractivity contribution is 7.97. The molecular weight excluding hydrogens is 822 g/mol. The summed E-state index contributed by atoms with van der Waals surface area (Å²) in [5, 5.41) is 17.6. The molecule has 0 aliphatic carbocycles. The van der Waals surface area contributed by atoms with E-state index in [4.69, 9.17) is 32.9 Å². The van der Waals surface area contributed by atoms with E-state index < -0.39 is 6.03 Å². The van der Waals surface area contributed by atoms with E-state index in [-0.39, 0.29) is 18.4 Å². The molecule has 2 aromatic carbocycles. The average Bonchev–Trinajstić information content (AvgIpc) is 3.78. The third-order valence-electron chi connectivity index (χ3n) is 12.5. The van der Waals surface area contributed by atoms with Crippen molar-refractivity contribution < 1.29 is 14.3 Å². The molecule has 17 heteroatoms. The van der Waals surface area contributed by atoms with E-state index in [1.165, 1.54) is 5.56 Å². The average molecular weight is 867 g/mol. The first-order chi connectivity index (χ1) is 29.1. The highest BCUT2D eigenvalue weighted by Crippen LogP contribution is 2.44. The maximum Gasteiger partial charge on any atom is 0.329 e.